The number of H-pyrrole nitrogens is 1. The summed E-state index contributed by atoms with van der Waals surface area (Å²) in [4.78, 5) is 65.4. The van der Waals surface area contributed by atoms with Crippen molar-refractivity contribution >= 4 is 36.8 Å². The molecule has 3 atom stereocenters. The highest BCUT2D eigenvalue weighted by molar-refractivity contribution is 5.87. The van der Waals surface area contributed by atoms with Gasteiger partial charge in [-0.15, -0.1) is 0 Å². The molecule has 5 rings (SSSR count). The average molecular weight is 816 g/mol. The summed E-state index contributed by atoms with van der Waals surface area (Å²) in [5.74, 6) is 0.197. The maximum absolute atomic E-state index is 13.2. The van der Waals surface area contributed by atoms with E-state index in [1.165, 1.54) is 14.2 Å². The van der Waals surface area contributed by atoms with Gasteiger partial charge < -0.3 is 45.4 Å². The van der Waals surface area contributed by atoms with Gasteiger partial charge in [-0.25, -0.2) is 14.6 Å². The number of imidazole rings is 1. The van der Waals surface area contributed by atoms with Gasteiger partial charge in [0.25, 0.3) is 0 Å². The summed E-state index contributed by atoms with van der Waals surface area (Å²) in [5, 5.41) is 11.4. The second-order valence-electron chi connectivity index (χ2n) is 13.5. The molecule has 3 aromatic carbocycles. The summed E-state index contributed by atoms with van der Waals surface area (Å²) in [7, 11) is 4.62. The molecular weight excluding hydrogens is 763 g/mol. The Kier molecular flexibility index (Phi) is 18.2. The maximum Gasteiger partial charge on any atom is 0.407 e. The number of pyridine rings is 1. The van der Waals surface area contributed by atoms with Crippen LogP contribution in [0.15, 0.2) is 121 Å². The SMILES string of the molecule is C=N/C=C(\NCCCN(C)CC)c1ccc(-c2ccc(-c3cnc([C@H](C)NC(=O)[C@H](NC(=O)OC)c4ccccc4)[nH]3)cc2)nc1.COC(=O)N[C@@H](C=O)c1ccccc1. The van der Waals surface area contributed by atoms with Crippen LogP contribution in [0.5, 0.6) is 0 Å². The Morgan fingerprint density at radius 1 is 0.833 bits per heavy atom. The van der Waals surface area contributed by atoms with Crippen molar-refractivity contribution in [1.29, 1.82) is 0 Å². The Hall–Kier alpha value is -7.13. The van der Waals surface area contributed by atoms with Crippen LogP contribution in [0.3, 0.4) is 0 Å². The highest BCUT2D eigenvalue weighted by Crippen LogP contribution is 2.25. The molecule has 3 amide bonds. The van der Waals surface area contributed by atoms with Crippen LogP contribution in [0, 0.1) is 0 Å². The highest BCUT2D eigenvalue weighted by Gasteiger charge is 2.25. The molecule has 2 heterocycles. The third-order valence-corrected chi connectivity index (χ3v) is 9.32. The minimum atomic E-state index is -0.920. The van der Waals surface area contributed by atoms with Crippen LogP contribution in [0.25, 0.3) is 28.2 Å². The summed E-state index contributed by atoms with van der Waals surface area (Å²) in [6.07, 6.45) is 5.66. The summed E-state index contributed by atoms with van der Waals surface area (Å²) in [5.41, 5.74) is 6.76. The van der Waals surface area contributed by atoms with Crippen molar-refractivity contribution in [2.24, 2.45) is 4.99 Å². The number of amides is 3. The first kappa shape index (κ1) is 45.6. The number of aromatic nitrogens is 3. The van der Waals surface area contributed by atoms with Crippen LogP contribution in [0.1, 0.15) is 60.9 Å². The molecule has 0 radical (unpaired) electrons. The fourth-order valence-corrected chi connectivity index (χ4v) is 5.82. The van der Waals surface area contributed by atoms with Gasteiger partial charge in [0.2, 0.25) is 5.91 Å². The monoisotopic (exact) mass is 815 g/mol. The number of methoxy groups -OCH3 is 2. The van der Waals surface area contributed by atoms with E-state index in [9.17, 15) is 19.2 Å². The zero-order chi connectivity index (χ0) is 43.3. The van der Waals surface area contributed by atoms with Crippen molar-refractivity contribution in [3.05, 3.63) is 138 Å². The number of nitrogens with zero attached hydrogens (tertiary/aromatic N) is 4. The largest absolute Gasteiger partial charge is 0.453 e. The van der Waals surface area contributed by atoms with Crippen molar-refractivity contribution < 1.29 is 28.7 Å². The Bertz CT molecular complexity index is 2140. The lowest BCUT2D eigenvalue weighted by atomic mass is 10.1. The van der Waals surface area contributed by atoms with E-state index in [1.807, 2.05) is 61.7 Å². The molecule has 0 aliphatic carbocycles. The second-order valence-corrected chi connectivity index (χ2v) is 13.5. The molecule has 15 nitrogen and oxygen atoms in total. The topological polar surface area (TPSA) is 192 Å². The number of carbonyl (C=O) groups is 4. The predicted molar refractivity (Wildman–Crippen MR) is 233 cm³/mol. The van der Waals surface area contributed by atoms with Gasteiger partial charge >= 0.3 is 12.2 Å². The van der Waals surface area contributed by atoms with E-state index < -0.39 is 30.3 Å². The fourth-order valence-electron chi connectivity index (χ4n) is 5.82. The van der Waals surface area contributed by atoms with Gasteiger partial charge in [0.05, 0.1) is 43.5 Å². The van der Waals surface area contributed by atoms with E-state index in [0.29, 0.717) is 17.7 Å². The molecule has 0 saturated heterocycles. The lowest BCUT2D eigenvalue weighted by Crippen LogP contribution is -2.41. The predicted octanol–water partition coefficient (Wildman–Crippen LogP) is 6.63. The summed E-state index contributed by atoms with van der Waals surface area (Å²) >= 11 is 0. The van der Waals surface area contributed by atoms with Gasteiger partial charge in [0.15, 0.2) is 0 Å². The van der Waals surface area contributed by atoms with E-state index >= 15 is 0 Å². The van der Waals surface area contributed by atoms with E-state index in [4.69, 9.17) is 9.72 Å². The zero-order valence-electron chi connectivity index (χ0n) is 34.6. The summed E-state index contributed by atoms with van der Waals surface area (Å²) in [6.45, 7) is 10.5. The van der Waals surface area contributed by atoms with E-state index in [0.717, 1.165) is 65.4 Å². The van der Waals surface area contributed by atoms with Crippen LogP contribution in [0.2, 0.25) is 0 Å². The molecule has 60 heavy (non-hydrogen) atoms. The van der Waals surface area contributed by atoms with Crippen molar-refractivity contribution in [1.82, 2.24) is 41.1 Å². The van der Waals surface area contributed by atoms with Crippen molar-refractivity contribution in [3.63, 3.8) is 0 Å². The molecular formula is C45H53N9O6. The first-order chi connectivity index (χ1) is 29.1. The standard InChI is InChI=1S/C35H42N8O3.C10H11NO3/c1-6-43(4)20-10-19-37-30(22-36-3)28-17-18-29(38-21-28)25-13-15-26(16-14-25)31-23-39-33(41-31)24(2)40-34(44)32(42-35(45)46-5)27-11-8-7-9-12-27;1-14-10(13)11-9(7-12)8-5-3-2-4-6-8/h7-9,11-18,21-24,32,37H,3,6,10,19-20H2,1-2,4-5H3,(H,39,41)(H,40,44)(H,42,45);2-7,9H,1H3,(H,11,13)/b30-22-;/t24-,32+;9-/m00/s1. The van der Waals surface area contributed by atoms with Crippen LogP contribution < -0.4 is 21.3 Å². The number of aldehydes is 1. The number of alkyl carbamates (subject to hydrolysis) is 2. The number of benzene rings is 3. The average Bonchev–Trinajstić information content (AvgIpc) is 3.80. The van der Waals surface area contributed by atoms with Crippen LogP contribution in [0.4, 0.5) is 9.59 Å². The molecule has 0 fully saturated rings. The molecule has 0 unspecified atom stereocenters. The van der Waals surface area contributed by atoms with Crippen molar-refractivity contribution in [2.75, 3.05) is 40.9 Å². The number of carbonyl (C=O) groups excluding carboxylic acids is 4. The van der Waals surface area contributed by atoms with Crippen molar-refractivity contribution in [2.45, 2.75) is 38.4 Å². The lowest BCUT2D eigenvalue weighted by Gasteiger charge is -2.20. The molecule has 0 aliphatic rings. The molecule has 0 spiro atoms. The molecule has 2 aromatic heterocycles. The molecule has 5 N–H and O–H groups in total. The quantitative estimate of drug-likeness (QED) is 0.0365. The van der Waals surface area contributed by atoms with Crippen LogP contribution in [-0.2, 0) is 19.1 Å². The zero-order valence-corrected chi connectivity index (χ0v) is 34.6. The van der Waals surface area contributed by atoms with Crippen molar-refractivity contribution in [3.8, 4) is 22.5 Å². The fraction of sp³-hybridized carbons (Fsp3) is 0.267. The Labute approximate surface area is 350 Å². The van der Waals surface area contributed by atoms with Crippen LogP contribution >= 0.6 is 0 Å². The number of aromatic amines is 1. The molecule has 15 heteroatoms. The van der Waals surface area contributed by atoms with Gasteiger partial charge in [-0.1, -0.05) is 91.9 Å². The minimum Gasteiger partial charge on any atom is -0.453 e. The Balaban J connectivity index is 0.000000479. The number of rotatable bonds is 18. The minimum absolute atomic E-state index is 0.385. The number of aliphatic imine (C=N–C) groups is 1. The summed E-state index contributed by atoms with van der Waals surface area (Å²) in [6, 6.07) is 27.9. The highest BCUT2D eigenvalue weighted by atomic mass is 16.5. The van der Waals surface area contributed by atoms with E-state index in [2.05, 4.69) is 66.6 Å². The van der Waals surface area contributed by atoms with Gasteiger partial charge in [-0.05, 0) is 69.0 Å². The first-order valence-electron chi connectivity index (χ1n) is 19.4. The smallest absolute Gasteiger partial charge is 0.407 e. The maximum atomic E-state index is 13.2. The lowest BCUT2D eigenvalue weighted by molar-refractivity contribution is -0.124. The molecule has 0 aliphatic heterocycles. The van der Waals surface area contributed by atoms with E-state index in [1.54, 1.807) is 60.9 Å². The van der Waals surface area contributed by atoms with Crippen LogP contribution in [-0.4, -0.2) is 91.9 Å². The molecule has 5 aromatic rings. The normalized spacial score (nSPS) is 12.4. The second kappa shape index (κ2) is 23.9. The molecule has 314 valence electrons. The summed E-state index contributed by atoms with van der Waals surface area (Å²) < 4.78 is 9.11. The van der Waals surface area contributed by atoms with Gasteiger partial charge in [-0.2, -0.15) is 0 Å². The van der Waals surface area contributed by atoms with Gasteiger partial charge in [0.1, 0.15) is 24.2 Å². The third-order valence-electron chi connectivity index (χ3n) is 9.32. The first-order valence-corrected chi connectivity index (χ1v) is 19.4. The third kappa shape index (κ3) is 13.8. The molecule has 0 saturated carbocycles. The van der Waals surface area contributed by atoms with Gasteiger partial charge in [-0.3, -0.25) is 14.8 Å². The number of hydrogen-bond acceptors (Lipinski definition) is 11. The van der Waals surface area contributed by atoms with E-state index in [-0.39, 0.29) is 5.91 Å². The molecule has 0 bridgehead atoms. The number of hydrogen-bond donors (Lipinski definition) is 5. The number of nitrogens with one attached hydrogen (secondary N) is 5. The Morgan fingerprint density at radius 3 is 2.05 bits per heavy atom. The van der Waals surface area contributed by atoms with Gasteiger partial charge in [0, 0.05) is 30.1 Å². The number of ether oxygens (including phenoxy) is 2. The Morgan fingerprint density at radius 2 is 1.47 bits per heavy atom.